The van der Waals surface area contributed by atoms with Gasteiger partial charge in [-0.2, -0.15) is 10.2 Å². The summed E-state index contributed by atoms with van der Waals surface area (Å²) in [5, 5.41) is 18.1. The van der Waals surface area contributed by atoms with Crippen LogP contribution in [0.5, 0.6) is 5.75 Å². The first-order valence-electron chi connectivity index (χ1n) is 13.0. The van der Waals surface area contributed by atoms with E-state index in [0.29, 0.717) is 13.1 Å². The molecule has 37 heavy (non-hydrogen) atoms. The molecule has 5 rings (SSSR count). The van der Waals surface area contributed by atoms with E-state index < -0.39 is 0 Å². The van der Waals surface area contributed by atoms with E-state index in [1.807, 2.05) is 35.9 Å². The molecule has 192 valence electrons. The number of carbonyl (C=O) groups is 1. The monoisotopic (exact) mass is 498 g/mol. The third-order valence-electron chi connectivity index (χ3n) is 7.29. The molecule has 1 saturated heterocycles. The number of fused-ring (bicyclic) bond motifs is 1. The summed E-state index contributed by atoms with van der Waals surface area (Å²) in [6.07, 6.45) is 2.79. The lowest BCUT2D eigenvalue weighted by Gasteiger charge is -2.32. The van der Waals surface area contributed by atoms with Gasteiger partial charge in [-0.15, -0.1) is 5.10 Å². The largest absolute Gasteiger partial charge is 0.497 e. The lowest BCUT2D eigenvalue weighted by Crippen LogP contribution is -2.43. The summed E-state index contributed by atoms with van der Waals surface area (Å²) in [7, 11) is 1.66. The smallest absolute Gasteiger partial charge is 0.225 e. The molecule has 0 bridgehead atoms. The predicted molar refractivity (Wildman–Crippen MR) is 145 cm³/mol. The average Bonchev–Trinajstić information content (AvgIpc) is 3.30. The normalized spacial score (nSPS) is 15.7. The standard InChI is InChI=1S/C29H34N6O2/c1-5-21-8-10-22(11-9-21)17-30-29(36)23-7-6-16-34(18-23)28-27-26(19(2)31-32-28)20(3)35(33-27)24-12-14-25(37-4)15-13-24/h8-15,23H,5-7,16-18H2,1-4H3,(H,30,36)/t23-/m1/s1. The Labute approximate surface area is 217 Å². The van der Waals surface area contributed by atoms with Crippen LogP contribution in [0, 0.1) is 19.8 Å². The Kier molecular flexibility index (Phi) is 7.08. The molecule has 0 spiro atoms. The van der Waals surface area contributed by atoms with Gasteiger partial charge >= 0.3 is 0 Å². The van der Waals surface area contributed by atoms with Crippen LogP contribution < -0.4 is 15.0 Å². The number of nitrogens with zero attached hydrogens (tertiary/aromatic N) is 5. The van der Waals surface area contributed by atoms with Gasteiger partial charge in [-0.05, 0) is 68.5 Å². The second-order valence-corrected chi connectivity index (χ2v) is 9.70. The summed E-state index contributed by atoms with van der Waals surface area (Å²) in [6.45, 7) is 8.12. The zero-order valence-corrected chi connectivity index (χ0v) is 22.0. The van der Waals surface area contributed by atoms with Crippen molar-refractivity contribution in [2.24, 2.45) is 5.92 Å². The molecule has 0 unspecified atom stereocenters. The molecular weight excluding hydrogens is 464 g/mol. The topological polar surface area (TPSA) is 85.2 Å². The highest BCUT2D eigenvalue weighted by Gasteiger charge is 2.29. The van der Waals surface area contributed by atoms with Crippen LogP contribution in [0.3, 0.4) is 0 Å². The zero-order chi connectivity index (χ0) is 25.9. The molecule has 3 heterocycles. The number of aryl methyl sites for hydroxylation is 3. The molecule has 1 N–H and O–H groups in total. The summed E-state index contributed by atoms with van der Waals surface area (Å²) in [5.74, 6) is 1.52. The van der Waals surface area contributed by atoms with Gasteiger partial charge in [0.2, 0.25) is 5.91 Å². The van der Waals surface area contributed by atoms with Gasteiger partial charge in [0.1, 0.15) is 11.3 Å². The molecule has 8 nitrogen and oxygen atoms in total. The first-order valence-corrected chi connectivity index (χ1v) is 13.0. The van der Waals surface area contributed by atoms with Crippen LogP contribution in [0.15, 0.2) is 48.5 Å². The molecule has 4 aromatic rings. The number of benzene rings is 2. The Morgan fingerprint density at radius 3 is 2.49 bits per heavy atom. The average molecular weight is 499 g/mol. The number of ether oxygens (including phenoxy) is 1. The maximum absolute atomic E-state index is 13.1. The predicted octanol–water partition coefficient (Wildman–Crippen LogP) is 4.54. The minimum Gasteiger partial charge on any atom is -0.497 e. The summed E-state index contributed by atoms with van der Waals surface area (Å²) < 4.78 is 7.24. The number of carbonyl (C=O) groups excluding carboxylic acids is 1. The van der Waals surface area contributed by atoms with E-state index in [4.69, 9.17) is 9.84 Å². The quantitative estimate of drug-likeness (QED) is 0.403. The molecule has 2 aromatic carbocycles. The Bertz CT molecular complexity index is 1390. The fourth-order valence-corrected chi connectivity index (χ4v) is 5.11. The highest BCUT2D eigenvalue weighted by molar-refractivity contribution is 5.92. The van der Waals surface area contributed by atoms with Crippen molar-refractivity contribution in [2.75, 3.05) is 25.1 Å². The Balaban J connectivity index is 1.36. The highest BCUT2D eigenvalue weighted by atomic mass is 16.5. The molecule has 1 atom stereocenters. The van der Waals surface area contributed by atoms with Gasteiger partial charge in [0, 0.05) is 19.6 Å². The van der Waals surface area contributed by atoms with Crippen molar-refractivity contribution in [1.82, 2.24) is 25.3 Å². The third kappa shape index (κ3) is 5.01. The number of piperidine rings is 1. The van der Waals surface area contributed by atoms with E-state index in [-0.39, 0.29) is 11.8 Å². The minimum absolute atomic E-state index is 0.0838. The van der Waals surface area contributed by atoms with Crippen LogP contribution >= 0.6 is 0 Å². The van der Waals surface area contributed by atoms with E-state index in [1.54, 1.807) is 7.11 Å². The molecule has 8 heteroatoms. The number of hydrogen-bond acceptors (Lipinski definition) is 6. The maximum atomic E-state index is 13.1. The molecule has 0 aliphatic carbocycles. The van der Waals surface area contributed by atoms with Crippen molar-refractivity contribution >= 4 is 22.6 Å². The lowest BCUT2D eigenvalue weighted by molar-refractivity contribution is -0.125. The fraction of sp³-hybridized carbons (Fsp3) is 0.379. The van der Waals surface area contributed by atoms with Crippen molar-refractivity contribution in [2.45, 2.75) is 46.6 Å². The Morgan fingerprint density at radius 1 is 1.05 bits per heavy atom. The summed E-state index contributed by atoms with van der Waals surface area (Å²) in [4.78, 5) is 15.3. The molecular formula is C29H34N6O2. The summed E-state index contributed by atoms with van der Waals surface area (Å²) in [6, 6.07) is 16.3. The Hall–Kier alpha value is -3.94. The van der Waals surface area contributed by atoms with Gasteiger partial charge in [0.15, 0.2) is 5.82 Å². The highest BCUT2D eigenvalue weighted by Crippen LogP contribution is 2.32. The van der Waals surface area contributed by atoms with Crippen molar-refractivity contribution in [3.8, 4) is 11.4 Å². The third-order valence-corrected chi connectivity index (χ3v) is 7.29. The van der Waals surface area contributed by atoms with Gasteiger partial charge in [-0.3, -0.25) is 4.79 Å². The number of nitrogens with one attached hydrogen (secondary N) is 1. The number of hydrogen-bond donors (Lipinski definition) is 1. The van der Waals surface area contributed by atoms with E-state index in [1.165, 1.54) is 5.56 Å². The first-order chi connectivity index (χ1) is 18.0. The van der Waals surface area contributed by atoms with Gasteiger partial charge in [0.05, 0.1) is 35.5 Å². The lowest BCUT2D eigenvalue weighted by atomic mass is 9.96. The number of anilines is 1. The van der Waals surface area contributed by atoms with E-state index in [2.05, 4.69) is 58.5 Å². The van der Waals surface area contributed by atoms with Gasteiger partial charge in [0.25, 0.3) is 0 Å². The number of rotatable bonds is 7. The Morgan fingerprint density at radius 2 is 1.78 bits per heavy atom. The molecule has 2 aromatic heterocycles. The number of aromatic nitrogens is 4. The van der Waals surface area contributed by atoms with Crippen LogP contribution in [0.4, 0.5) is 5.82 Å². The SMILES string of the molecule is CCc1ccc(CNC(=O)[C@@H]2CCCN(c3nnc(C)c4c(C)n(-c5ccc(OC)cc5)nc34)C2)cc1. The molecule has 1 aliphatic heterocycles. The van der Waals surface area contributed by atoms with Crippen molar-refractivity contribution < 1.29 is 9.53 Å². The maximum Gasteiger partial charge on any atom is 0.225 e. The molecule has 1 aliphatic rings. The summed E-state index contributed by atoms with van der Waals surface area (Å²) >= 11 is 0. The molecule has 0 saturated carbocycles. The van der Waals surface area contributed by atoms with Crippen LogP contribution in [0.25, 0.3) is 16.6 Å². The van der Waals surface area contributed by atoms with E-state index >= 15 is 0 Å². The summed E-state index contributed by atoms with van der Waals surface area (Å²) in [5.41, 5.74) is 6.03. The zero-order valence-electron chi connectivity index (χ0n) is 22.0. The van der Waals surface area contributed by atoms with Gasteiger partial charge in [-0.25, -0.2) is 4.68 Å². The second kappa shape index (κ2) is 10.6. The van der Waals surface area contributed by atoms with Crippen molar-refractivity contribution in [3.05, 3.63) is 71.0 Å². The fourth-order valence-electron chi connectivity index (χ4n) is 5.11. The van der Waals surface area contributed by atoms with E-state index in [9.17, 15) is 4.79 Å². The van der Waals surface area contributed by atoms with Crippen LogP contribution in [0.2, 0.25) is 0 Å². The number of methoxy groups -OCH3 is 1. The van der Waals surface area contributed by atoms with Crippen molar-refractivity contribution in [3.63, 3.8) is 0 Å². The van der Waals surface area contributed by atoms with Gasteiger partial charge in [-0.1, -0.05) is 31.2 Å². The number of amides is 1. The first kappa shape index (κ1) is 24.7. The van der Waals surface area contributed by atoms with Crippen LogP contribution in [0.1, 0.15) is 42.3 Å². The van der Waals surface area contributed by atoms with Gasteiger partial charge < -0.3 is 15.0 Å². The molecule has 1 amide bonds. The van der Waals surface area contributed by atoms with Crippen molar-refractivity contribution in [1.29, 1.82) is 0 Å². The molecule has 1 fully saturated rings. The van der Waals surface area contributed by atoms with E-state index in [0.717, 1.165) is 70.9 Å². The second-order valence-electron chi connectivity index (χ2n) is 9.70. The minimum atomic E-state index is -0.105. The van der Waals surface area contributed by atoms with Crippen LogP contribution in [-0.2, 0) is 17.8 Å². The van der Waals surface area contributed by atoms with Crippen LogP contribution in [-0.4, -0.2) is 46.1 Å². The molecule has 0 radical (unpaired) electrons.